The van der Waals surface area contributed by atoms with Crippen LogP contribution in [0.25, 0.3) is 31.6 Å². The molecule has 0 bridgehead atoms. The maximum Gasteiger partial charge on any atom is 0.269 e. The predicted molar refractivity (Wildman–Crippen MR) is 172 cm³/mol. The monoisotopic (exact) mass is 588 g/mol. The summed E-state index contributed by atoms with van der Waals surface area (Å²) >= 11 is 1.43. The number of hydrogen-bond donors (Lipinski definition) is 1. The highest BCUT2D eigenvalue weighted by Crippen LogP contribution is 2.38. The van der Waals surface area contributed by atoms with Crippen LogP contribution in [0.2, 0.25) is 0 Å². The average molecular weight is 589 g/mol. The molecule has 4 heterocycles. The van der Waals surface area contributed by atoms with Crippen molar-refractivity contribution in [1.29, 1.82) is 0 Å². The molecular formula is C34H30BFN4O2S. The van der Waals surface area contributed by atoms with Gasteiger partial charge in [0.2, 0.25) is 0 Å². The molecule has 1 aliphatic rings. The normalized spacial score (nSPS) is 16.1. The summed E-state index contributed by atoms with van der Waals surface area (Å²) in [6.07, 6.45) is 3.99. The summed E-state index contributed by atoms with van der Waals surface area (Å²) in [4.78, 5) is 25.7. The van der Waals surface area contributed by atoms with Crippen molar-refractivity contribution in [1.82, 2.24) is 19.4 Å². The molecule has 6 nitrogen and oxygen atoms in total. The first-order valence-corrected chi connectivity index (χ1v) is 15.2. The number of halogens is 1. The minimum atomic E-state index is -1.70. The van der Waals surface area contributed by atoms with Crippen LogP contribution in [-0.4, -0.2) is 54.5 Å². The van der Waals surface area contributed by atoms with Crippen LogP contribution in [0.4, 0.5) is 4.39 Å². The molecule has 1 atom stereocenters. The number of H-pyrrole nitrogens is 1. The number of nitrogens with zero attached hydrogens (tertiary/aromatic N) is 3. The Bertz CT molecular complexity index is 1980. The van der Waals surface area contributed by atoms with Crippen LogP contribution in [0.5, 0.6) is 5.75 Å². The van der Waals surface area contributed by atoms with E-state index in [2.05, 4.69) is 41.2 Å². The van der Waals surface area contributed by atoms with E-state index in [1.165, 1.54) is 59.6 Å². The number of imidazole rings is 1. The second kappa shape index (κ2) is 10.8. The number of nitrogens with one attached hydrogen (secondary N) is 1. The fourth-order valence-electron chi connectivity index (χ4n) is 6.19. The van der Waals surface area contributed by atoms with Gasteiger partial charge in [0.05, 0.1) is 23.6 Å². The Balaban J connectivity index is 1.34. The van der Waals surface area contributed by atoms with Gasteiger partial charge in [-0.2, -0.15) is 0 Å². The lowest BCUT2D eigenvalue weighted by Gasteiger charge is -2.32. The van der Waals surface area contributed by atoms with E-state index >= 15 is 0 Å². The summed E-state index contributed by atoms with van der Waals surface area (Å²) in [6.45, 7) is 2.24. The number of para-hydroxylation sites is 2. The highest BCUT2D eigenvalue weighted by molar-refractivity contribution is 7.22. The lowest BCUT2D eigenvalue weighted by Crippen LogP contribution is -2.44. The maximum atomic E-state index is 14.7. The van der Waals surface area contributed by atoms with Crippen LogP contribution < -0.4 is 10.3 Å². The second-order valence-electron chi connectivity index (χ2n) is 11.3. The molecule has 1 fully saturated rings. The molecule has 0 spiro atoms. The number of piperidine rings is 1. The number of aromatic nitrogens is 3. The molecule has 1 saturated heterocycles. The van der Waals surface area contributed by atoms with Gasteiger partial charge in [0.15, 0.2) is 0 Å². The molecule has 1 N–H and O–H groups in total. The first kappa shape index (κ1) is 27.6. The standard InChI is InChI=1S/C34H30BFN4O2S/c1-39-16-13-22(14-17-39)21-7-9-23(10-8-21)30-19-24-15-18-40(32(41)31(24)43-30)34(35,26-20-25(36)11-12-29(26)42-2)33-37-27-5-3-4-6-28(27)38-33/h3-12,15,18-20,22H,13-14,16-17H2,1-2H3,(H,37,38). The van der Waals surface area contributed by atoms with Gasteiger partial charge in [-0.1, -0.05) is 36.4 Å². The van der Waals surface area contributed by atoms with Crippen molar-refractivity contribution in [3.8, 4) is 16.2 Å². The number of hydrogen-bond acceptors (Lipinski definition) is 5. The molecule has 1 aliphatic heterocycles. The fourth-order valence-corrected chi connectivity index (χ4v) is 7.28. The van der Waals surface area contributed by atoms with Crippen molar-refractivity contribution in [2.24, 2.45) is 0 Å². The minimum absolute atomic E-state index is 0.275. The van der Waals surface area contributed by atoms with E-state index in [1.54, 1.807) is 6.20 Å². The molecule has 3 aromatic carbocycles. The van der Waals surface area contributed by atoms with Crippen LogP contribution >= 0.6 is 11.3 Å². The van der Waals surface area contributed by atoms with Gasteiger partial charge >= 0.3 is 0 Å². The summed E-state index contributed by atoms with van der Waals surface area (Å²) in [5.74, 6) is 0.710. The number of benzene rings is 3. The topological polar surface area (TPSA) is 63.1 Å². The van der Waals surface area contributed by atoms with Gasteiger partial charge in [-0.25, -0.2) is 9.37 Å². The summed E-state index contributed by atoms with van der Waals surface area (Å²) in [7, 11) is 10.9. The molecule has 0 amide bonds. The number of rotatable bonds is 6. The van der Waals surface area contributed by atoms with E-state index in [1.807, 2.05) is 36.4 Å². The number of fused-ring (bicyclic) bond motifs is 2. The van der Waals surface area contributed by atoms with Crippen LogP contribution in [0.15, 0.2) is 89.9 Å². The molecule has 0 aliphatic carbocycles. The fraction of sp³-hybridized carbons (Fsp3) is 0.235. The molecule has 1 unspecified atom stereocenters. The molecule has 2 radical (unpaired) electrons. The highest BCUT2D eigenvalue weighted by Gasteiger charge is 2.38. The third-order valence-corrected chi connectivity index (χ3v) is 9.85. The number of pyridine rings is 1. The van der Waals surface area contributed by atoms with Gasteiger partial charge < -0.3 is 19.2 Å². The van der Waals surface area contributed by atoms with E-state index < -0.39 is 11.3 Å². The van der Waals surface area contributed by atoms with Crippen LogP contribution in [0.3, 0.4) is 0 Å². The number of aromatic amines is 1. The van der Waals surface area contributed by atoms with Gasteiger partial charge in [-0.15, -0.1) is 11.3 Å². The van der Waals surface area contributed by atoms with Crippen molar-refractivity contribution in [2.75, 3.05) is 27.2 Å². The highest BCUT2D eigenvalue weighted by atomic mass is 32.1. The van der Waals surface area contributed by atoms with Gasteiger partial charge in [0, 0.05) is 22.0 Å². The van der Waals surface area contributed by atoms with Gasteiger partial charge in [-0.3, -0.25) is 4.79 Å². The Morgan fingerprint density at radius 3 is 2.56 bits per heavy atom. The lowest BCUT2D eigenvalue weighted by atomic mass is 9.70. The Labute approximate surface area is 254 Å². The molecule has 6 aromatic rings. The number of thiophene rings is 1. The second-order valence-corrected chi connectivity index (χ2v) is 12.4. The molecule has 214 valence electrons. The van der Waals surface area contributed by atoms with Gasteiger partial charge in [-0.05, 0) is 92.5 Å². The van der Waals surface area contributed by atoms with E-state index in [0.29, 0.717) is 27.7 Å². The zero-order valence-electron chi connectivity index (χ0n) is 24.0. The maximum absolute atomic E-state index is 14.7. The summed E-state index contributed by atoms with van der Waals surface area (Å²) in [5.41, 5.74) is 2.13. The number of ether oxygens (including phenoxy) is 1. The van der Waals surface area contributed by atoms with Crippen molar-refractivity contribution < 1.29 is 9.13 Å². The predicted octanol–water partition coefficient (Wildman–Crippen LogP) is 6.48. The molecule has 0 saturated carbocycles. The van der Waals surface area contributed by atoms with Crippen molar-refractivity contribution >= 4 is 40.3 Å². The van der Waals surface area contributed by atoms with Gasteiger partial charge in [0.25, 0.3) is 5.56 Å². The van der Waals surface area contributed by atoms with E-state index in [0.717, 1.165) is 34.4 Å². The average Bonchev–Trinajstić information content (AvgIpc) is 3.67. The number of methoxy groups -OCH3 is 1. The largest absolute Gasteiger partial charge is 0.496 e. The third-order valence-electron chi connectivity index (χ3n) is 8.66. The van der Waals surface area contributed by atoms with Crippen molar-refractivity contribution in [3.05, 3.63) is 118 Å². The molecule has 43 heavy (non-hydrogen) atoms. The van der Waals surface area contributed by atoms with E-state index in [9.17, 15) is 9.18 Å². The van der Waals surface area contributed by atoms with E-state index in [4.69, 9.17) is 17.6 Å². The third kappa shape index (κ3) is 4.77. The number of likely N-dealkylation sites (tertiary alicyclic amines) is 1. The zero-order valence-corrected chi connectivity index (χ0v) is 24.8. The lowest BCUT2D eigenvalue weighted by molar-refractivity contribution is 0.255. The van der Waals surface area contributed by atoms with Crippen molar-refractivity contribution in [3.63, 3.8) is 0 Å². The van der Waals surface area contributed by atoms with Crippen LogP contribution in [0, 0.1) is 5.82 Å². The van der Waals surface area contributed by atoms with E-state index in [-0.39, 0.29) is 11.1 Å². The first-order valence-electron chi connectivity index (χ1n) is 14.4. The quantitative estimate of drug-likeness (QED) is 0.226. The summed E-state index contributed by atoms with van der Waals surface area (Å²) in [5, 5.41) is 0.818. The minimum Gasteiger partial charge on any atom is -0.496 e. The Morgan fingerprint density at radius 1 is 1.05 bits per heavy atom. The molecule has 3 aromatic heterocycles. The van der Waals surface area contributed by atoms with Crippen molar-refractivity contribution in [2.45, 2.75) is 24.2 Å². The van der Waals surface area contributed by atoms with Gasteiger partial charge in [0.1, 0.15) is 29.9 Å². The Morgan fingerprint density at radius 2 is 1.81 bits per heavy atom. The van der Waals surface area contributed by atoms with Crippen LogP contribution in [-0.2, 0) is 5.44 Å². The SMILES string of the molecule is [B]C(c1nc2ccccc2[nH]1)(c1cc(F)ccc1OC)n1ccc2cc(-c3ccc(C4CCN(C)CC4)cc3)sc2c1=O. The molecular weight excluding hydrogens is 558 g/mol. The Kier molecular flexibility index (Phi) is 6.94. The van der Waals surface area contributed by atoms with Crippen LogP contribution in [0.1, 0.15) is 35.7 Å². The molecule has 9 heteroatoms. The molecule has 7 rings (SSSR count). The first-order chi connectivity index (χ1) is 20.8. The summed E-state index contributed by atoms with van der Waals surface area (Å²) < 4.78 is 22.3. The Hall–Kier alpha value is -4.21. The smallest absolute Gasteiger partial charge is 0.269 e. The zero-order chi connectivity index (χ0) is 29.7. The summed E-state index contributed by atoms with van der Waals surface area (Å²) in [6, 6.07) is 24.3.